The first kappa shape index (κ1) is 16.5. The standard InChI is InChI=1S/C15H19N5O3S/c16-24(22,23)13-3-1-2-10(6-13)8-17-15(21)19-12-5-4-11-9-18-20-14(11)7-12/h1-3,6,9,12H,4-5,7-8H2,(H,18,20)(H2,16,22,23)(H2,17,19,21). The number of aromatic amines is 1. The maximum atomic E-state index is 12.0. The molecule has 1 aliphatic rings. The molecule has 1 aromatic heterocycles. The summed E-state index contributed by atoms with van der Waals surface area (Å²) in [6, 6.07) is 5.95. The number of carbonyl (C=O) groups is 1. The monoisotopic (exact) mass is 349 g/mol. The number of nitrogens with two attached hydrogens (primary N) is 1. The maximum absolute atomic E-state index is 12.0. The van der Waals surface area contributed by atoms with Crippen molar-refractivity contribution in [3.8, 4) is 0 Å². The van der Waals surface area contributed by atoms with Crippen LogP contribution in [0, 0.1) is 0 Å². The first-order chi connectivity index (χ1) is 11.4. The number of H-pyrrole nitrogens is 1. The zero-order valence-corrected chi connectivity index (χ0v) is 13.8. The molecule has 3 rings (SSSR count). The van der Waals surface area contributed by atoms with E-state index in [1.807, 2.05) is 6.20 Å². The molecule has 128 valence electrons. The van der Waals surface area contributed by atoms with Gasteiger partial charge in [-0.2, -0.15) is 5.10 Å². The molecular formula is C15H19N5O3S. The topological polar surface area (TPSA) is 130 Å². The Hall–Kier alpha value is -2.39. The molecule has 1 heterocycles. The fourth-order valence-electron chi connectivity index (χ4n) is 2.78. The Morgan fingerprint density at radius 1 is 1.42 bits per heavy atom. The highest BCUT2D eigenvalue weighted by molar-refractivity contribution is 7.89. The Balaban J connectivity index is 1.53. The molecular weight excluding hydrogens is 330 g/mol. The number of urea groups is 1. The Bertz CT molecular complexity index is 846. The lowest BCUT2D eigenvalue weighted by molar-refractivity contribution is 0.235. The van der Waals surface area contributed by atoms with Crippen LogP contribution in [0.15, 0.2) is 35.4 Å². The zero-order valence-electron chi connectivity index (χ0n) is 13.0. The van der Waals surface area contributed by atoms with Gasteiger partial charge in [-0.15, -0.1) is 0 Å². The van der Waals surface area contributed by atoms with Crippen LogP contribution in [0.25, 0.3) is 0 Å². The quantitative estimate of drug-likeness (QED) is 0.637. The number of nitrogens with one attached hydrogen (secondary N) is 3. The van der Waals surface area contributed by atoms with Crippen LogP contribution in [-0.4, -0.2) is 30.7 Å². The number of carbonyl (C=O) groups excluding carboxylic acids is 1. The van der Waals surface area contributed by atoms with Gasteiger partial charge < -0.3 is 10.6 Å². The molecule has 0 saturated carbocycles. The number of aromatic nitrogens is 2. The van der Waals surface area contributed by atoms with Gasteiger partial charge in [0.05, 0.1) is 11.1 Å². The fourth-order valence-corrected chi connectivity index (χ4v) is 3.37. The minimum atomic E-state index is -3.75. The summed E-state index contributed by atoms with van der Waals surface area (Å²) in [4.78, 5) is 12.1. The van der Waals surface area contributed by atoms with E-state index < -0.39 is 10.0 Å². The number of rotatable bonds is 4. The van der Waals surface area contributed by atoms with Crippen molar-refractivity contribution in [3.05, 3.63) is 47.3 Å². The number of hydrogen-bond acceptors (Lipinski definition) is 4. The van der Waals surface area contributed by atoms with E-state index in [1.165, 1.54) is 17.7 Å². The normalized spacial score (nSPS) is 17.1. The minimum Gasteiger partial charge on any atom is -0.335 e. The number of benzene rings is 1. The van der Waals surface area contributed by atoms with Gasteiger partial charge in [0.2, 0.25) is 10.0 Å². The Morgan fingerprint density at radius 3 is 3.04 bits per heavy atom. The van der Waals surface area contributed by atoms with Crippen molar-refractivity contribution in [2.24, 2.45) is 5.14 Å². The summed E-state index contributed by atoms with van der Waals surface area (Å²) < 4.78 is 22.7. The van der Waals surface area contributed by atoms with E-state index in [1.54, 1.807) is 12.1 Å². The highest BCUT2D eigenvalue weighted by atomic mass is 32.2. The van der Waals surface area contributed by atoms with Crippen LogP contribution < -0.4 is 15.8 Å². The molecule has 24 heavy (non-hydrogen) atoms. The number of primary sulfonamides is 1. The van der Waals surface area contributed by atoms with Gasteiger partial charge in [-0.3, -0.25) is 5.10 Å². The molecule has 0 fully saturated rings. The lowest BCUT2D eigenvalue weighted by atomic mass is 9.94. The molecule has 2 amide bonds. The lowest BCUT2D eigenvalue weighted by Gasteiger charge is -2.23. The molecule has 0 radical (unpaired) electrons. The van der Waals surface area contributed by atoms with E-state index >= 15 is 0 Å². The molecule has 1 aliphatic carbocycles. The van der Waals surface area contributed by atoms with E-state index in [4.69, 9.17) is 5.14 Å². The second kappa shape index (κ2) is 6.62. The molecule has 1 atom stereocenters. The van der Waals surface area contributed by atoms with Crippen molar-refractivity contribution >= 4 is 16.1 Å². The number of aryl methyl sites for hydroxylation is 1. The van der Waals surface area contributed by atoms with Crippen LogP contribution in [0.1, 0.15) is 23.2 Å². The molecule has 1 unspecified atom stereocenters. The van der Waals surface area contributed by atoms with Crippen molar-refractivity contribution in [1.29, 1.82) is 0 Å². The highest BCUT2D eigenvalue weighted by Crippen LogP contribution is 2.18. The first-order valence-electron chi connectivity index (χ1n) is 7.59. The summed E-state index contributed by atoms with van der Waals surface area (Å²) in [7, 11) is -3.75. The van der Waals surface area contributed by atoms with Crippen molar-refractivity contribution in [1.82, 2.24) is 20.8 Å². The van der Waals surface area contributed by atoms with Crippen LogP contribution in [0.2, 0.25) is 0 Å². The van der Waals surface area contributed by atoms with Crippen LogP contribution in [0.5, 0.6) is 0 Å². The van der Waals surface area contributed by atoms with E-state index in [-0.39, 0.29) is 23.5 Å². The molecule has 0 aliphatic heterocycles. The largest absolute Gasteiger partial charge is 0.335 e. The maximum Gasteiger partial charge on any atom is 0.315 e. The summed E-state index contributed by atoms with van der Waals surface area (Å²) >= 11 is 0. The second-order valence-electron chi connectivity index (χ2n) is 5.83. The highest BCUT2D eigenvalue weighted by Gasteiger charge is 2.21. The third kappa shape index (κ3) is 3.92. The Kier molecular flexibility index (Phi) is 4.54. The van der Waals surface area contributed by atoms with Gasteiger partial charge in [0.1, 0.15) is 0 Å². The first-order valence-corrected chi connectivity index (χ1v) is 9.13. The predicted octanol–water partition coefficient (Wildman–Crippen LogP) is 0.414. The van der Waals surface area contributed by atoms with Gasteiger partial charge in [0.15, 0.2) is 0 Å². The van der Waals surface area contributed by atoms with Gasteiger partial charge in [-0.25, -0.2) is 18.4 Å². The summed E-state index contributed by atoms with van der Waals surface area (Å²) in [6.07, 6.45) is 4.29. The summed E-state index contributed by atoms with van der Waals surface area (Å²) in [6.45, 7) is 0.219. The lowest BCUT2D eigenvalue weighted by Crippen LogP contribution is -2.44. The zero-order chi connectivity index (χ0) is 17.2. The molecule has 0 bridgehead atoms. The van der Waals surface area contributed by atoms with E-state index in [2.05, 4.69) is 20.8 Å². The molecule has 1 aromatic carbocycles. The third-order valence-corrected chi connectivity index (χ3v) is 4.95. The number of amides is 2. The number of fused-ring (bicyclic) bond motifs is 1. The third-order valence-electron chi connectivity index (χ3n) is 4.04. The van der Waals surface area contributed by atoms with Crippen molar-refractivity contribution in [2.45, 2.75) is 36.7 Å². The van der Waals surface area contributed by atoms with Crippen LogP contribution >= 0.6 is 0 Å². The number of hydrogen-bond donors (Lipinski definition) is 4. The average molecular weight is 349 g/mol. The summed E-state index contributed by atoms with van der Waals surface area (Å²) in [5.74, 6) is 0. The number of nitrogens with zero attached hydrogens (tertiary/aromatic N) is 1. The minimum absolute atomic E-state index is 0.0289. The fraction of sp³-hybridized carbons (Fsp3) is 0.333. The summed E-state index contributed by atoms with van der Waals surface area (Å²) in [5, 5.41) is 17.7. The van der Waals surface area contributed by atoms with Gasteiger partial charge in [0, 0.05) is 24.7 Å². The summed E-state index contributed by atoms with van der Waals surface area (Å²) in [5.41, 5.74) is 2.93. The van der Waals surface area contributed by atoms with Crippen LogP contribution in [-0.2, 0) is 29.4 Å². The smallest absolute Gasteiger partial charge is 0.315 e. The molecule has 9 heteroatoms. The van der Waals surface area contributed by atoms with Gasteiger partial charge in [0.25, 0.3) is 0 Å². The van der Waals surface area contributed by atoms with Gasteiger partial charge in [-0.1, -0.05) is 12.1 Å². The van der Waals surface area contributed by atoms with Gasteiger partial charge >= 0.3 is 6.03 Å². The molecule has 8 nitrogen and oxygen atoms in total. The molecule has 2 aromatic rings. The van der Waals surface area contributed by atoms with Crippen molar-refractivity contribution in [3.63, 3.8) is 0 Å². The van der Waals surface area contributed by atoms with E-state index in [0.717, 1.165) is 25.0 Å². The Morgan fingerprint density at radius 2 is 2.25 bits per heavy atom. The van der Waals surface area contributed by atoms with Gasteiger partial charge in [-0.05, 0) is 36.1 Å². The number of sulfonamides is 1. The van der Waals surface area contributed by atoms with E-state index in [0.29, 0.717) is 5.56 Å². The van der Waals surface area contributed by atoms with E-state index in [9.17, 15) is 13.2 Å². The van der Waals surface area contributed by atoms with Crippen LogP contribution in [0.3, 0.4) is 0 Å². The predicted molar refractivity (Wildman–Crippen MR) is 87.6 cm³/mol. The molecule has 0 spiro atoms. The van der Waals surface area contributed by atoms with Crippen molar-refractivity contribution < 1.29 is 13.2 Å². The second-order valence-corrected chi connectivity index (χ2v) is 7.39. The molecule has 5 N–H and O–H groups in total. The SMILES string of the molecule is NS(=O)(=O)c1cccc(CNC(=O)NC2CCc3cn[nH]c3C2)c1. The molecule has 0 saturated heterocycles. The Labute approximate surface area is 139 Å². The van der Waals surface area contributed by atoms with Crippen molar-refractivity contribution in [2.75, 3.05) is 0 Å². The average Bonchev–Trinajstić information content (AvgIpc) is 3.00. The van der Waals surface area contributed by atoms with Crippen LogP contribution in [0.4, 0.5) is 4.79 Å².